The third-order valence-electron chi connectivity index (χ3n) is 3.75. The second kappa shape index (κ2) is 5.83. The van der Waals surface area contributed by atoms with Crippen molar-refractivity contribution in [1.29, 1.82) is 0 Å². The van der Waals surface area contributed by atoms with Crippen molar-refractivity contribution in [2.45, 2.75) is 0 Å². The van der Waals surface area contributed by atoms with Crippen molar-refractivity contribution in [3.63, 3.8) is 0 Å². The van der Waals surface area contributed by atoms with Crippen molar-refractivity contribution in [3.8, 4) is 0 Å². The van der Waals surface area contributed by atoms with Crippen molar-refractivity contribution in [1.82, 2.24) is 9.80 Å². The minimum absolute atomic E-state index is 0.115. The largest absolute Gasteiger partial charge is 0.342 e. The second-order valence-electron chi connectivity index (χ2n) is 5.12. The summed E-state index contributed by atoms with van der Waals surface area (Å²) in [6.07, 6.45) is 0.832. The summed E-state index contributed by atoms with van der Waals surface area (Å²) in [6.45, 7) is 2.32. The summed E-state index contributed by atoms with van der Waals surface area (Å²) in [5, 5.41) is 5.16. The zero-order valence-electron chi connectivity index (χ0n) is 11.7. The summed E-state index contributed by atoms with van der Waals surface area (Å²) in [5.74, 6) is 0. The topological polar surface area (TPSA) is 52.7 Å². The second-order valence-corrected chi connectivity index (χ2v) is 5.12. The Morgan fingerprint density at radius 2 is 1.71 bits per heavy atom. The highest BCUT2D eigenvalue weighted by Gasteiger charge is 2.19. The molecule has 0 spiro atoms. The lowest BCUT2D eigenvalue weighted by Crippen LogP contribution is -2.49. The van der Waals surface area contributed by atoms with E-state index in [0.717, 1.165) is 22.9 Å². The quantitative estimate of drug-likeness (QED) is 0.859. The molecule has 1 fully saturated rings. The van der Waals surface area contributed by atoms with E-state index in [-0.39, 0.29) is 6.03 Å². The molecule has 3 amide bonds. The van der Waals surface area contributed by atoms with Crippen LogP contribution in [0.2, 0.25) is 0 Å². The third-order valence-corrected chi connectivity index (χ3v) is 3.75. The Morgan fingerprint density at radius 3 is 2.43 bits per heavy atom. The van der Waals surface area contributed by atoms with Gasteiger partial charge >= 0.3 is 6.03 Å². The number of rotatable bonds is 2. The summed E-state index contributed by atoms with van der Waals surface area (Å²) >= 11 is 0. The lowest BCUT2D eigenvalue weighted by Gasteiger charge is -2.32. The summed E-state index contributed by atoms with van der Waals surface area (Å²) in [7, 11) is 0. The first-order chi connectivity index (χ1) is 10.3. The van der Waals surface area contributed by atoms with Crippen LogP contribution < -0.4 is 5.32 Å². The molecule has 5 nitrogen and oxygen atoms in total. The number of hydrogen-bond donors (Lipinski definition) is 1. The van der Waals surface area contributed by atoms with Crippen LogP contribution in [0.1, 0.15) is 0 Å². The Bertz CT molecular complexity index is 663. The van der Waals surface area contributed by atoms with Gasteiger partial charge in [0, 0.05) is 31.9 Å². The van der Waals surface area contributed by atoms with E-state index in [4.69, 9.17) is 0 Å². The van der Waals surface area contributed by atoms with E-state index in [0.29, 0.717) is 26.2 Å². The maximum atomic E-state index is 12.2. The highest BCUT2D eigenvalue weighted by molar-refractivity contribution is 5.93. The highest BCUT2D eigenvalue weighted by atomic mass is 16.2. The molecule has 3 rings (SSSR count). The fourth-order valence-electron chi connectivity index (χ4n) is 2.50. The Labute approximate surface area is 123 Å². The van der Waals surface area contributed by atoms with Crippen LogP contribution in [0.5, 0.6) is 0 Å². The van der Waals surface area contributed by atoms with Crippen molar-refractivity contribution in [3.05, 3.63) is 42.5 Å². The van der Waals surface area contributed by atoms with Gasteiger partial charge in [-0.3, -0.25) is 4.79 Å². The molecule has 1 aliphatic heterocycles. The number of piperazine rings is 1. The van der Waals surface area contributed by atoms with Gasteiger partial charge in [-0.05, 0) is 22.9 Å². The van der Waals surface area contributed by atoms with Crippen LogP contribution >= 0.6 is 0 Å². The van der Waals surface area contributed by atoms with Crippen molar-refractivity contribution in [2.75, 3.05) is 31.5 Å². The number of carbonyl (C=O) groups excluding carboxylic acids is 2. The molecule has 21 heavy (non-hydrogen) atoms. The molecule has 2 aromatic rings. The van der Waals surface area contributed by atoms with E-state index in [2.05, 4.69) is 5.32 Å². The number of amides is 3. The molecule has 5 heteroatoms. The standard InChI is InChI=1S/C16H17N3O2/c20-12-18-7-9-19(10-8-18)16(21)17-15-6-5-13-3-1-2-4-14(13)11-15/h1-6,11-12H,7-10H2,(H,17,21). The van der Waals surface area contributed by atoms with Crippen molar-refractivity contribution >= 4 is 28.9 Å². The maximum Gasteiger partial charge on any atom is 0.321 e. The molecular weight excluding hydrogens is 266 g/mol. The fourth-order valence-corrected chi connectivity index (χ4v) is 2.50. The zero-order chi connectivity index (χ0) is 14.7. The van der Waals surface area contributed by atoms with Crippen LogP contribution in [0.4, 0.5) is 10.5 Å². The predicted molar refractivity (Wildman–Crippen MR) is 82.2 cm³/mol. The average Bonchev–Trinajstić information content (AvgIpc) is 2.55. The van der Waals surface area contributed by atoms with Gasteiger partial charge in [-0.15, -0.1) is 0 Å². The molecule has 0 bridgehead atoms. The Kier molecular flexibility index (Phi) is 3.73. The van der Waals surface area contributed by atoms with E-state index in [9.17, 15) is 9.59 Å². The van der Waals surface area contributed by atoms with Gasteiger partial charge < -0.3 is 15.1 Å². The van der Waals surface area contributed by atoms with Gasteiger partial charge in [0.1, 0.15) is 0 Å². The number of nitrogens with zero attached hydrogens (tertiary/aromatic N) is 2. The van der Waals surface area contributed by atoms with Crippen LogP contribution in [-0.4, -0.2) is 48.4 Å². The van der Waals surface area contributed by atoms with E-state index >= 15 is 0 Å². The van der Waals surface area contributed by atoms with Gasteiger partial charge in [-0.2, -0.15) is 0 Å². The zero-order valence-corrected chi connectivity index (χ0v) is 11.7. The molecule has 1 aliphatic rings. The molecule has 0 radical (unpaired) electrons. The summed E-state index contributed by atoms with van der Waals surface area (Å²) < 4.78 is 0. The number of nitrogens with one attached hydrogen (secondary N) is 1. The van der Waals surface area contributed by atoms with Crippen LogP contribution in [0.15, 0.2) is 42.5 Å². The molecular formula is C16H17N3O2. The predicted octanol–water partition coefficient (Wildman–Crippen LogP) is 2.15. The van der Waals surface area contributed by atoms with E-state index < -0.39 is 0 Å². The van der Waals surface area contributed by atoms with Crippen LogP contribution in [0.25, 0.3) is 10.8 Å². The van der Waals surface area contributed by atoms with Gasteiger partial charge in [-0.1, -0.05) is 30.3 Å². The lowest BCUT2D eigenvalue weighted by molar-refractivity contribution is -0.119. The number of fused-ring (bicyclic) bond motifs is 1. The first-order valence-electron chi connectivity index (χ1n) is 7.00. The minimum atomic E-state index is -0.115. The van der Waals surface area contributed by atoms with Crippen LogP contribution in [0.3, 0.4) is 0 Å². The molecule has 0 aromatic heterocycles. The Hall–Kier alpha value is -2.56. The van der Waals surface area contributed by atoms with E-state index in [1.54, 1.807) is 9.80 Å². The Balaban J connectivity index is 1.67. The van der Waals surface area contributed by atoms with Gasteiger partial charge in [0.15, 0.2) is 0 Å². The normalized spacial score (nSPS) is 15.0. The molecule has 0 aliphatic carbocycles. The lowest BCUT2D eigenvalue weighted by atomic mass is 10.1. The average molecular weight is 283 g/mol. The highest BCUT2D eigenvalue weighted by Crippen LogP contribution is 2.19. The smallest absolute Gasteiger partial charge is 0.321 e. The minimum Gasteiger partial charge on any atom is -0.342 e. The first kappa shape index (κ1) is 13.4. The maximum absolute atomic E-state index is 12.2. The molecule has 2 aromatic carbocycles. The Morgan fingerprint density at radius 1 is 1.00 bits per heavy atom. The third kappa shape index (κ3) is 2.97. The molecule has 1 heterocycles. The molecule has 0 saturated carbocycles. The van der Waals surface area contributed by atoms with Crippen molar-refractivity contribution in [2.24, 2.45) is 0 Å². The first-order valence-corrected chi connectivity index (χ1v) is 7.00. The van der Waals surface area contributed by atoms with Crippen molar-refractivity contribution < 1.29 is 9.59 Å². The SMILES string of the molecule is O=CN1CCN(C(=O)Nc2ccc3ccccc3c2)CC1. The van der Waals surface area contributed by atoms with E-state index in [1.165, 1.54) is 0 Å². The molecule has 0 atom stereocenters. The van der Waals surface area contributed by atoms with Gasteiger partial charge in [0.2, 0.25) is 6.41 Å². The number of anilines is 1. The molecule has 108 valence electrons. The van der Waals surface area contributed by atoms with E-state index in [1.807, 2.05) is 42.5 Å². The van der Waals surface area contributed by atoms with Crippen LogP contribution in [0, 0.1) is 0 Å². The fraction of sp³-hybridized carbons (Fsp3) is 0.250. The molecule has 0 unspecified atom stereocenters. The van der Waals surface area contributed by atoms with Crippen LogP contribution in [-0.2, 0) is 4.79 Å². The number of hydrogen-bond acceptors (Lipinski definition) is 2. The van der Waals surface area contributed by atoms with Gasteiger partial charge in [-0.25, -0.2) is 4.79 Å². The number of urea groups is 1. The van der Waals surface area contributed by atoms with Gasteiger partial charge in [0.05, 0.1) is 0 Å². The number of carbonyl (C=O) groups is 2. The number of benzene rings is 2. The summed E-state index contributed by atoms with van der Waals surface area (Å²) in [4.78, 5) is 26.3. The summed E-state index contributed by atoms with van der Waals surface area (Å²) in [6, 6.07) is 13.8. The summed E-state index contributed by atoms with van der Waals surface area (Å²) in [5.41, 5.74) is 0.788. The van der Waals surface area contributed by atoms with Gasteiger partial charge in [0.25, 0.3) is 0 Å². The monoisotopic (exact) mass is 283 g/mol. The molecule has 1 N–H and O–H groups in total. The molecule has 1 saturated heterocycles.